The van der Waals surface area contributed by atoms with E-state index in [4.69, 9.17) is 16.3 Å². The van der Waals surface area contributed by atoms with E-state index in [2.05, 4.69) is 47.9 Å². The van der Waals surface area contributed by atoms with Crippen molar-refractivity contribution >= 4 is 28.2 Å². The second-order valence-electron chi connectivity index (χ2n) is 9.87. The Bertz CT molecular complexity index is 1490. The smallest absolute Gasteiger partial charge is 0.222 e. The normalized spacial score (nSPS) is 17.3. The lowest BCUT2D eigenvalue weighted by Gasteiger charge is -2.45. The van der Waals surface area contributed by atoms with E-state index < -0.39 is 0 Å². The number of pyridine rings is 1. The Balaban J connectivity index is 1.45. The molecule has 0 N–H and O–H groups in total. The Morgan fingerprint density at radius 3 is 2.21 bits per heavy atom. The van der Waals surface area contributed by atoms with Crippen LogP contribution in [0.15, 0.2) is 72.9 Å². The molecule has 1 aromatic heterocycles. The molecular weight excluding hydrogens is 472 g/mol. The summed E-state index contributed by atoms with van der Waals surface area (Å²) in [6, 6.07) is 22.5. The fourth-order valence-electron chi connectivity index (χ4n) is 5.63. The Hall–Kier alpha value is -4.37. The van der Waals surface area contributed by atoms with E-state index in [9.17, 15) is 4.79 Å². The molecular formula is C32H32N4O2. The highest BCUT2D eigenvalue weighted by molar-refractivity contribution is 6.00. The summed E-state index contributed by atoms with van der Waals surface area (Å²) in [7, 11) is 1.70. The van der Waals surface area contributed by atoms with E-state index in [1.165, 1.54) is 0 Å². The van der Waals surface area contributed by atoms with Gasteiger partial charge in [0.05, 0.1) is 19.2 Å². The summed E-state index contributed by atoms with van der Waals surface area (Å²) in [6.45, 7) is 15.0. The van der Waals surface area contributed by atoms with E-state index in [-0.39, 0.29) is 18.0 Å². The molecule has 0 bridgehead atoms. The molecule has 0 aliphatic carbocycles. The van der Waals surface area contributed by atoms with Crippen molar-refractivity contribution in [1.29, 1.82) is 0 Å². The number of hydrogen-bond acceptors (Lipinski definition) is 4. The summed E-state index contributed by atoms with van der Waals surface area (Å²) >= 11 is 0. The molecule has 0 radical (unpaired) electrons. The van der Waals surface area contributed by atoms with Gasteiger partial charge in [0.1, 0.15) is 5.75 Å². The minimum atomic E-state index is 0.169. The number of carbonyl (C=O) groups is 1. The highest BCUT2D eigenvalue weighted by atomic mass is 16.5. The number of piperazine rings is 1. The maximum Gasteiger partial charge on any atom is 0.222 e. The predicted octanol–water partition coefficient (Wildman–Crippen LogP) is 6.96. The number of fused-ring (bicyclic) bond motifs is 1. The van der Waals surface area contributed by atoms with Crippen molar-refractivity contribution < 1.29 is 9.53 Å². The summed E-state index contributed by atoms with van der Waals surface area (Å²) in [5.41, 5.74) is 6.61. The van der Waals surface area contributed by atoms with Gasteiger partial charge in [-0.05, 0) is 43.2 Å². The number of para-hydroxylation sites is 1. The van der Waals surface area contributed by atoms with E-state index in [1.54, 1.807) is 7.11 Å². The second kappa shape index (κ2) is 10.5. The molecule has 1 aliphatic rings. The van der Waals surface area contributed by atoms with Crippen LogP contribution in [0.1, 0.15) is 27.2 Å². The molecule has 6 heteroatoms. The average molecular weight is 505 g/mol. The van der Waals surface area contributed by atoms with Gasteiger partial charge >= 0.3 is 0 Å². The maximum absolute atomic E-state index is 12.4. The van der Waals surface area contributed by atoms with Gasteiger partial charge < -0.3 is 14.5 Å². The van der Waals surface area contributed by atoms with Crippen molar-refractivity contribution in [3.63, 3.8) is 0 Å². The summed E-state index contributed by atoms with van der Waals surface area (Å²) in [6.07, 6.45) is 2.42. The fraction of sp³-hybridized carbons (Fsp3) is 0.281. The highest BCUT2D eigenvalue weighted by Crippen LogP contribution is 2.39. The number of nitrogens with zero attached hydrogens (tertiary/aromatic N) is 4. The molecule has 5 rings (SSSR count). The summed E-state index contributed by atoms with van der Waals surface area (Å²) in [5, 5.41) is 0.945. The monoisotopic (exact) mass is 504 g/mol. The van der Waals surface area contributed by atoms with Crippen molar-refractivity contribution in [2.24, 2.45) is 0 Å². The third-order valence-electron chi connectivity index (χ3n) is 7.41. The van der Waals surface area contributed by atoms with Gasteiger partial charge in [-0.15, -0.1) is 0 Å². The van der Waals surface area contributed by atoms with E-state index in [0.29, 0.717) is 12.1 Å². The van der Waals surface area contributed by atoms with Crippen molar-refractivity contribution in [2.45, 2.75) is 39.3 Å². The number of anilines is 1. The number of hydrogen-bond donors (Lipinski definition) is 0. The van der Waals surface area contributed by atoms with Crippen molar-refractivity contribution in [3.8, 4) is 28.0 Å². The van der Waals surface area contributed by atoms with Gasteiger partial charge in [-0.2, -0.15) is 0 Å². The van der Waals surface area contributed by atoms with E-state index in [0.717, 1.165) is 57.7 Å². The molecule has 6 nitrogen and oxygen atoms in total. The zero-order chi connectivity index (χ0) is 26.8. The van der Waals surface area contributed by atoms with Crippen LogP contribution >= 0.6 is 0 Å². The fourth-order valence-corrected chi connectivity index (χ4v) is 5.63. The average Bonchev–Trinajstić information content (AvgIpc) is 2.95. The molecule has 0 spiro atoms. The molecule has 2 atom stereocenters. The molecule has 0 saturated carbocycles. The summed E-state index contributed by atoms with van der Waals surface area (Å²) in [5.74, 6) is 1.01. The zero-order valence-electron chi connectivity index (χ0n) is 22.3. The zero-order valence-corrected chi connectivity index (χ0v) is 22.3. The lowest BCUT2D eigenvalue weighted by molar-refractivity contribution is -0.135. The SMILES string of the molecule is [C-]#[N+]c1ccc(-c2cccc3c(OC)c(-c4ccc(N5C[C@@H](C)N(C(=O)CC)[C@@H](C)C5)cc4)cnc23)cc1. The standard InChI is InChI=1S/C32H32N4O2/c1-6-30(37)36-21(2)19-35(20-22(36)3)26-16-12-24(13-17-26)29-18-34-31-27(8-7-9-28(31)32(29)38-5)23-10-14-25(33-4)15-11-23/h7-18,21-22H,6,19-20H2,1-3,5H3/t21-,22+. The lowest BCUT2D eigenvalue weighted by Crippen LogP contribution is -2.58. The molecule has 38 heavy (non-hydrogen) atoms. The second-order valence-corrected chi connectivity index (χ2v) is 9.87. The Morgan fingerprint density at radius 1 is 0.974 bits per heavy atom. The van der Waals surface area contributed by atoms with Crippen molar-refractivity contribution in [1.82, 2.24) is 9.88 Å². The minimum Gasteiger partial charge on any atom is -0.495 e. The molecule has 2 heterocycles. The maximum atomic E-state index is 12.4. The number of carbonyl (C=O) groups excluding carboxylic acids is 1. The largest absolute Gasteiger partial charge is 0.495 e. The molecule has 4 aromatic rings. The highest BCUT2D eigenvalue weighted by Gasteiger charge is 2.32. The van der Waals surface area contributed by atoms with Crippen LogP contribution in [0.2, 0.25) is 0 Å². The molecule has 1 aliphatic heterocycles. The molecule has 192 valence electrons. The topological polar surface area (TPSA) is 50.0 Å². The molecule has 1 fully saturated rings. The number of aromatic nitrogens is 1. The van der Waals surface area contributed by atoms with Crippen LogP contribution in [0.4, 0.5) is 11.4 Å². The number of rotatable bonds is 5. The van der Waals surface area contributed by atoms with Crippen LogP contribution in [-0.2, 0) is 4.79 Å². The van der Waals surface area contributed by atoms with Gasteiger partial charge in [0.2, 0.25) is 5.91 Å². The van der Waals surface area contributed by atoms with Crippen molar-refractivity contribution in [2.75, 3.05) is 25.1 Å². The third kappa shape index (κ3) is 4.56. The first-order valence-corrected chi connectivity index (χ1v) is 13.0. The van der Waals surface area contributed by atoms with Gasteiger partial charge in [-0.25, -0.2) is 4.85 Å². The van der Waals surface area contributed by atoms with Crippen LogP contribution in [-0.4, -0.2) is 48.1 Å². The number of benzene rings is 3. The van der Waals surface area contributed by atoms with Gasteiger partial charge in [-0.3, -0.25) is 9.78 Å². The van der Waals surface area contributed by atoms with Gasteiger partial charge in [0, 0.05) is 60.0 Å². The first-order valence-electron chi connectivity index (χ1n) is 13.0. The van der Waals surface area contributed by atoms with Crippen LogP contribution < -0.4 is 9.64 Å². The minimum absolute atomic E-state index is 0.169. The number of methoxy groups -OCH3 is 1. The van der Waals surface area contributed by atoms with Crippen LogP contribution in [0, 0.1) is 6.57 Å². The predicted molar refractivity (Wildman–Crippen MR) is 154 cm³/mol. The Labute approximate surface area is 224 Å². The lowest BCUT2D eigenvalue weighted by atomic mass is 9.98. The van der Waals surface area contributed by atoms with Crippen LogP contribution in [0.3, 0.4) is 0 Å². The number of amides is 1. The molecule has 3 aromatic carbocycles. The van der Waals surface area contributed by atoms with E-state index >= 15 is 0 Å². The van der Waals surface area contributed by atoms with Gasteiger partial charge in [0.15, 0.2) is 5.69 Å². The molecule has 0 unspecified atom stereocenters. The molecule has 1 amide bonds. The third-order valence-corrected chi connectivity index (χ3v) is 7.41. The quantitative estimate of drug-likeness (QED) is 0.276. The first-order chi connectivity index (χ1) is 18.4. The van der Waals surface area contributed by atoms with Crippen LogP contribution in [0.25, 0.3) is 38.0 Å². The molecule has 1 saturated heterocycles. The Kier molecular flexibility index (Phi) is 7.02. The van der Waals surface area contributed by atoms with Crippen LogP contribution in [0.5, 0.6) is 5.75 Å². The summed E-state index contributed by atoms with van der Waals surface area (Å²) < 4.78 is 5.93. The van der Waals surface area contributed by atoms with Gasteiger partial charge in [-0.1, -0.05) is 55.5 Å². The van der Waals surface area contributed by atoms with Gasteiger partial charge in [0.25, 0.3) is 0 Å². The Morgan fingerprint density at radius 2 is 1.61 bits per heavy atom. The van der Waals surface area contributed by atoms with Crippen molar-refractivity contribution in [3.05, 3.63) is 84.3 Å². The number of ether oxygens (including phenoxy) is 1. The first kappa shape index (κ1) is 25.3. The summed E-state index contributed by atoms with van der Waals surface area (Å²) in [4.78, 5) is 25.1. The van der Waals surface area contributed by atoms with E-state index in [1.807, 2.05) is 60.5 Å².